The Morgan fingerprint density at radius 2 is 2.67 bits per heavy atom. The van der Waals surface area contributed by atoms with Gasteiger partial charge in [0, 0.05) is 0 Å². The molecule has 1 atom stereocenters. The number of halogens is 3. The van der Waals surface area contributed by atoms with E-state index in [0.717, 1.165) is 21.2 Å². The van der Waals surface area contributed by atoms with Gasteiger partial charge >= 0.3 is 73.7 Å². The van der Waals surface area contributed by atoms with Crippen molar-refractivity contribution in [3.05, 3.63) is 0 Å². The Hall–Kier alpha value is 2.15. The number of alkyl halides is 3. The van der Waals surface area contributed by atoms with Crippen molar-refractivity contribution in [2.75, 3.05) is 4.43 Å². The number of rotatable bonds is 2. The second-order valence-electron chi connectivity index (χ2n) is 0.880. The van der Waals surface area contributed by atoms with Gasteiger partial charge in [-0.2, -0.15) is 0 Å². The molecule has 1 fully saturated rings. The second-order valence-corrected chi connectivity index (χ2v) is 11.8. The first-order chi connectivity index (χ1) is 2.93. The van der Waals surface area contributed by atoms with Crippen molar-refractivity contribution in [3.63, 3.8) is 0 Å². The average molecular weight is 423 g/mol. The topological polar surface area (TPSA) is 12.0 Å². The summed E-state index contributed by atoms with van der Waals surface area (Å²) in [5.74, 6) is 0. The van der Waals surface area contributed by atoms with Gasteiger partial charge < -0.3 is 0 Å². The Bertz CT molecular complexity index is 44.1. The van der Waals surface area contributed by atoms with Crippen LogP contribution in [0.2, 0.25) is 0 Å². The Kier molecular flexibility index (Phi) is 3.38. The maximum atomic E-state index is 3.24. The molecule has 0 saturated carbocycles. The van der Waals surface area contributed by atoms with Gasteiger partial charge in [-0.1, -0.05) is 0 Å². The first-order valence-corrected chi connectivity index (χ1v) is 7.66. The van der Waals surface area contributed by atoms with Crippen LogP contribution in [-0.2, 0) is 0 Å². The third kappa shape index (κ3) is 2.46. The molecule has 40 valence electrons. The van der Waals surface area contributed by atoms with E-state index in [1.807, 2.05) is 0 Å². The first kappa shape index (κ1) is 6.27. The summed E-state index contributed by atoms with van der Waals surface area (Å²) < 4.78 is 6.10. The number of nitrogens with one attached hydrogen (secondary N) is 1. The molecule has 1 saturated heterocycles. The van der Waals surface area contributed by atoms with E-state index in [-0.39, 0.29) is 0 Å². The third-order valence-corrected chi connectivity index (χ3v) is 10.5. The minimum absolute atomic E-state index is 0.465. The van der Waals surface area contributed by atoms with Gasteiger partial charge in [0.25, 0.3) is 0 Å². The Balaban J connectivity index is 1.88. The first-order valence-electron chi connectivity index (χ1n) is 1.49. The zero-order valence-corrected chi connectivity index (χ0v) is 9.39. The van der Waals surface area contributed by atoms with E-state index in [2.05, 4.69) is 24.6 Å². The van der Waals surface area contributed by atoms with Crippen molar-refractivity contribution in [2.24, 2.45) is 0 Å². The van der Waals surface area contributed by atoms with E-state index in [0.29, 0.717) is 21.5 Å². The van der Waals surface area contributed by atoms with Crippen LogP contribution < -0.4 is 44.4 Å². The molecule has 1 unspecified atom stereocenters. The SMILES string of the molecule is IN[I-]C1C[I-]1. The second kappa shape index (κ2) is 3.23. The van der Waals surface area contributed by atoms with Crippen molar-refractivity contribution in [2.45, 2.75) is 1.93 Å². The summed E-state index contributed by atoms with van der Waals surface area (Å²) in [5, 5.41) is 0. The van der Waals surface area contributed by atoms with Gasteiger partial charge in [-0.15, -0.1) is 0 Å². The van der Waals surface area contributed by atoms with Crippen LogP contribution in [0.15, 0.2) is 0 Å². The molecule has 1 rings (SSSR count). The van der Waals surface area contributed by atoms with Crippen LogP contribution >= 0.6 is 22.9 Å². The summed E-state index contributed by atoms with van der Waals surface area (Å²) in [5.41, 5.74) is 0. The molecule has 1 nitrogen and oxygen atoms in total. The van der Waals surface area contributed by atoms with Gasteiger partial charge in [0.1, 0.15) is 0 Å². The van der Waals surface area contributed by atoms with Crippen LogP contribution in [0.1, 0.15) is 0 Å². The zero-order chi connectivity index (χ0) is 4.41. The quantitative estimate of drug-likeness (QED) is 0.266. The fourth-order valence-corrected chi connectivity index (χ4v) is 10.2. The van der Waals surface area contributed by atoms with Crippen molar-refractivity contribution in [3.8, 4) is 0 Å². The third-order valence-electron chi connectivity index (χ3n) is 0.431. The zero-order valence-electron chi connectivity index (χ0n) is 2.92. The standard InChI is InChI=1S/C2H4I3N/c3-6-5-2-1-4-2/h2,6H,1H2/q-2. The van der Waals surface area contributed by atoms with Crippen LogP contribution in [0.3, 0.4) is 0 Å². The normalized spacial score (nSPS) is 32.5. The summed E-state index contributed by atoms with van der Waals surface area (Å²) in [6, 6.07) is 0. The Morgan fingerprint density at radius 3 is 2.83 bits per heavy atom. The molecular formula is C2H4I3N-2. The van der Waals surface area contributed by atoms with Crippen LogP contribution in [-0.4, -0.2) is 6.36 Å². The van der Waals surface area contributed by atoms with Crippen LogP contribution in [0.25, 0.3) is 0 Å². The molecule has 0 aromatic heterocycles. The number of hydrogen-bond acceptors (Lipinski definition) is 1. The van der Waals surface area contributed by atoms with E-state index in [1.54, 1.807) is 4.43 Å². The molecule has 1 aliphatic heterocycles. The summed E-state index contributed by atoms with van der Waals surface area (Å²) in [6.07, 6.45) is 0. The molecule has 4 heteroatoms. The summed E-state index contributed by atoms with van der Waals surface area (Å²) in [4.78, 5) is 0. The van der Waals surface area contributed by atoms with E-state index in [9.17, 15) is 0 Å². The predicted octanol–water partition coefficient (Wildman–Crippen LogP) is -5.64. The minimum atomic E-state index is 0.465. The molecule has 0 bridgehead atoms. The molecule has 1 aliphatic rings. The molecule has 0 spiro atoms. The summed E-state index contributed by atoms with van der Waals surface area (Å²) in [6.45, 7) is 0. The fourth-order valence-electron chi connectivity index (χ4n) is 0.137. The summed E-state index contributed by atoms with van der Waals surface area (Å²) in [7, 11) is 0. The molecule has 0 aliphatic carbocycles. The van der Waals surface area contributed by atoms with Crippen molar-refractivity contribution in [1.82, 2.24) is 1.74 Å². The van der Waals surface area contributed by atoms with E-state index in [4.69, 9.17) is 0 Å². The van der Waals surface area contributed by atoms with E-state index < -0.39 is 0 Å². The van der Waals surface area contributed by atoms with Crippen molar-refractivity contribution >= 4 is 22.9 Å². The molecule has 0 radical (unpaired) electrons. The average Bonchev–Trinajstić information content (AvgIpc) is 2.21. The molecule has 0 amide bonds. The molecular weight excluding hydrogens is 419 g/mol. The Morgan fingerprint density at radius 1 is 2.00 bits per heavy atom. The van der Waals surface area contributed by atoms with Gasteiger partial charge in [0.2, 0.25) is 0 Å². The van der Waals surface area contributed by atoms with Crippen LogP contribution in [0.4, 0.5) is 0 Å². The number of hydrogen-bond donors (Lipinski definition) is 1. The molecule has 6 heavy (non-hydrogen) atoms. The van der Waals surface area contributed by atoms with Gasteiger partial charge in [0.15, 0.2) is 0 Å². The van der Waals surface area contributed by atoms with E-state index in [1.165, 1.54) is 1.93 Å². The molecule has 1 heterocycles. The molecule has 0 aromatic rings. The predicted molar refractivity (Wildman–Crippen MR) is 25.8 cm³/mol. The molecule has 1 N–H and O–H groups in total. The van der Waals surface area contributed by atoms with Crippen molar-refractivity contribution < 1.29 is 42.7 Å². The molecule has 0 aromatic carbocycles. The maximum absolute atomic E-state index is 3.24. The summed E-state index contributed by atoms with van der Waals surface area (Å²) >= 11 is 3.47. The van der Waals surface area contributed by atoms with Crippen LogP contribution in [0, 0.1) is 0 Å². The van der Waals surface area contributed by atoms with Gasteiger partial charge in [-0.25, -0.2) is 0 Å². The van der Waals surface area contributed by atoms with Gasteiger partial charge in [-0.3, -0.25) is 0 Å². The van der Waals surface area contributed by atoms with Crippen molar-refractivity contribution in [1.29, 1.82) is 0 Å². The van der Waals surface area contributed by atoms with Crippen LogP contribution in [0.5, 0.6) is 0 Å². The van der Waals surface area contributed by atoms with E-state index >= 15 is 0 Å². The fraction of sp³-hybridized carbons (Fsp3) is 1.00. The Labute approximate surface area is 72.4 Å². The monoisotopic (exact) mass is 423 g/mol. The van der Waals surface area contributed by atoms with Gasteiger partial charge in [-0.05, 0) is 0 Å². The van der Waals surface area contributed by atoms with Gasteiger partial charge in [0.05, 0.1) is 0 Å².